The molecule has 4 nitrogen and oxygen atoms in total. The van der Waals surface area contributed by atoms with Crippen molar-refractivity contribution in [3.63, 3.8) is 0 Å². The normalized spacial score (nSPS) is 23.5. The number of likely N-dealkylation sites (N-methyl/N-ethyl adjacent to an activating group) is 1. The molecular formula is C29H32N2O2. The van der Waals surface area contributed by atoms with Crippen molar-refractivity contribution in [2.75, 3.05) is 26.7 Å². The highest BCUT2D eigenvalue weighted by Gasteiger charge is 2.56. The van der Waals surface area contributed by atoms with Crippen LogP contribution in [0, 0.1) is 24.7 Å². The van der Waals surface area contributed by atoms with Gasteiger partial charge in [0.1, 0.15) is 0 Å². The van der Waals surface area contributed by atoms with Gasteiger partial charge < -0.3 is 10.0 Å². The number of aryl methyl sites for hydroxylation is 1. The van der Waals surface area contributed by atoms with Crippen molar-refractivity contribution in [3.8, 4) is 0 Å². The molecule has 0 aromatic heterocycles. The minimum absolute atomic E-state index is 0.259. The Bertz CT molecular complexity index is 1100. The summed E-state index contributed by atoms with van der Waals surface area (Å²) in [5.41, 5.74) is 1.92. The summed E-state index contributed by atoms with van der Waals surface area (Å²) in [6.07, 6.45) is 0. The number of amides is 1. The summed E-state index contributed by atoms with van der Waals surface area (Å²) in [5.74, 6) is 1.55. The van der Waals surface area contributed by atoms with E-state index in [0.29, 0.717) is 35.4 Å². The molecule has 5 rings (SSSR count). The van der Waals surface area contributed by atoms with E-state index in [-0.39, 0.29) is 5.91 Å². The molecule has 0 unspecified atom stereocenters. The minimum Gasteiger partial charge on any atom is -0.372 e. The molecule has 0 bridgehead atoms. The Morgan fingerprint density at radius 1 is 0.939 bits per heavy atom. The number of fused-ring (bicyclic) bond motifs is 1. The summed E-state index contributed by atoms with van der Waals surface area (Å²) in [6, 6.07) is 27.6. The average Bonchev–Trinajstić information content (AvgIpc) is 3.27. The molecule has 1 aliphatic carbocycles. The van der Waals surface area contributed by atoms with Crippen molar-refractivity contribution in [2.24, 2.45) is 17.8 Å². The smallest absolute Gasteiger partial charge is 0.263 e. The Hall–Kier alpha value is -2.95. The van der Waals surface area contributed by atoms with E-state index in [1.807, 2.05) is 68.6 Å². The highest BCUT2D eigenvalue weighted by atomic mass is 16.3. The number of piperidine rings is 1. The second-order valence-corrected chi connectivity index (χ2v) is 9.80. The maximum atomic E-state index is 13.7. The van der Waals surface area contributed by atoms with Gasteiger partial charge in [-0.2, -0.15) is 0 Å². The molecule has 1 saturated heterocycles. The minimum atomic E-state index is -1.69. The van der Waals surface area contributed by atoms with Crippen LogP contribution >= 0.6 is 0 Å². The molecule has 3 aromatic rings. The quantitative estimate of drug-likeness (QED) is 0.602. The SMILES string of the molecule is Cc1cccc([C@](O)(C(=O)N(C)C[C@H]2[C@@H]3CN(Cc4ccccc4)C[C@@H]32)c2ccccc2)c1. The van der Waals surface area contributed by atoms with Crippen molar-refractivity contribution in [3.05, 3.63) is 107 Å². The number of benzene rings is 3. The van der Waals surface area contributed by atoms with Crippen LogP contribution in [0.1, 0.15) is 22.3 Å². The predicted molar refractivity (Wildman–Crippen MR) is 130 cm³/mol. The van der Waals surface area contributed by atoms with E-state index in [1.54, 1.807) is 4.90 Å². The first-order chi connectivity index (χ1) is 16.0. The Morgan fingerprint density at radius 3 is 2.18 bits per heavy atom. The first kappa shape index (κ1) is 21.9. The van der Waals surface area contributed by atoms with Gasteiger partial charge in [0.25, 0.3) is 5.91 Å². The number of hydrogen-bond donors (Lipinski definition) is 1. The van der Waals surface area contributed by atoms with Crippen molar-refractivity contribution in [1.29, 1.82) is 0 Å². The monoisotopic (exact) mass is 440 g/mol. The zero-order chi connectivity index (χ0) is 23.0. The zero-order valence-electron chi connectivity index (χ0n) is 19.4. The van der Waals surface area contributed by atoms with E-state index in [0.717, 1.165) is 25.2 Å². The molecule has 3 aromatic carbocycles. The van der Waals surface area contributed by atoms with Crippen LogP contribution in [-0.4, -0.2) is 47.5 Å². The van der Waals surface area contributed by atoms with E-state index in [2.05, 4.69) is 35.2 Å². The fraction of sp³-hybridized carbons (Fsp3) is 0.345. The van der Waals surface area contributed by atoms with Gasteiger partial charge in [0.15, 0.2) is 5.60 Å². The standard InChI is InChI=1S/C29H32N2O2/c1-21-10-9-15-24(16-21)29(33,23-13-7-4-8-14-23)28(32)30(2)18-25-26-19-31(20-27(25)26)17-22-11-5-3-6-12-22/h3-16,25-27,33H,17-20H2,1-2H3/t25-,26-,27+,29-/m0/s1. The molecule has 1 saturated carbocycles. The van der Waals surface area contributed by atoms with Gasteiger partial charge >= 0.3 is 0 Å². The van der Waals surface area contributed by atoms with E-state index < -0.39 is 5.60 Å². The molecule has 1 aliphatic heterocycles. The Labute approximate surface area is 196 Å². The second-order valence-electron chi connectivity index (χ2n) is 9.80. The van der Waals surface area contributed by atoms with Gasteiger partial charge in [0.2, 0.25) is 0 Å². The zero-order valence-corrected chi connectivity index (χ0v) is 19.4. The van der Waals surface area contributed by atoms with E-state index in [4.69, 9.17) is 0 Å². The third-order valence-electron chi connectivity index (χ3n) is 7.46. The molecule has 0 radical (unpaired) electrons. The Kier molecular flexibility index (Phi) is 5.81. The molecule has 33 heavy (non-hydrogen) atoms. The number of carbonyl (C=O) groups is 1. The van der Waals surface area contributed by atoms with Crippen molar-refractivity contribution in [1.82, 2.24) is 9.80 Å². The molecule has 170 valence electrons. The van der Waals surface area contributed by atoms with E-state index >= 15 is 0 Å². The van der Waals surface area contributed by atoms with Crippen molar-refractivity contribution < 1.29 is 9.90 Å². The molecule has 1 N–H and O–H groups in total. The summed E-state index contributed by atoms with van der Waals surface area (Å²) in [5, 5.41) is 11.9. The number of nitrogens with zero attached hydrogens (tertiary/aromatic N) is 2. The van der Waals surface area contributed by atoms with Gasteiger partial charge in [0, 0.05) is 33.2 Å². The maximum Gasteiger partial charge on any atom is 0.263 e. The first-order valence-electron chi connectivity index (χ1n) is 11.8. The summed E-state index contributed by atoms with van der Waals surface area (Å²) < 4.78 is 0. The number of aliphatic hydroxyl groups is 1. The molecule has 1 heterocycles. The Balaban J connectivity index is 1.28. The van der Waals surface area contributed by atoms with E-state index in [9.17, 15) is 9.90 Å². The molecule has 1 amide bonds. The van der Waals surface area contributed by atoms with Gasteiger partial charge in [0.05, 0.1) is 0 Å². The number of rotatable bonds is 7. The van der Waals surface area contributed by atoms with Crippen molar-refractivity contribution >= 4 is 5.91 Å². The van der Waals surface area contributed by atoms with Crippen LogP contribution in [0.15, 0.2) is 84.9 Å². The summed E-state index contributed by atoms with van der Waals surface area (Å²) in [6.45, 7) is 5.85. The van der Waals surface area contributed by atoms with Crippen LogP contribution in [0.4, 0.5) is 0 Å². The van der Waals surface area contributed by atoms with Gasteiger partial charge in [-0.05, 0) is 41.4 Å². The third kappa shape index (κ3) is 4.21. The van der Waals surface area contributed by atoms with Gasteiger partial charge in [-0.25, -0.2) is 0 Å². The highest BCUT2D eigenvalue weighted by molar-refractivity contribution is 5.90. The fourth-order valence-corrected chi connectivity index (χ4v) is 5.62. The summed E-state index contributed by atoms with van der Waals surface area (Å²) in [7, 11) is 1.84. The molecular weight excluding hydrogens is 408 g/mol. The molecule has 4 atom stereocenters. The first-order valence-corrected chi connectivity index (χ1v) is 11.8. The molecule has 2 aliphatic rings. The number of likely N-dealkylation sites (tertiary alicyclic amines) is 1. The highest BCUT2D eigenvalue weighted by Crippen LogP contribution is 2.52. The lowest BCUT2D eigenvalue weighted by molar-refractivity contribution is -0.147. The van der Waals surface area contributed by atoms with Gasteiger partial charge in [-0.15, -0.1) is 0 Å². The molecule has 0 spiro atoms. The average molecular weight is 441 g/mol. The maximum absolute atomic E-state index is 13.7. The van der Waals surface area contributed by atoms with Crippen LogP contribution in [0.25, 0.3) is 0 Å². The van der Waals surface area contributed by atoms with Crippen LogP contribution in [0.2, 0.25) is 0 Å². The largest absolute Gasteiger partial charge is 0.372 e. The number of hydrogen-bond acceptors (Lipinski definition) is 3. The van der Waals surface area contributed by atoms with Crippen molar-refractivity contribution in [2.45, 2.75) is 19.1 Å². The lowest BCUT2D eigenvalue weighted by atomic mass is 9.84. The fourth-order valence-electron chi connectivity index (χ4n) is 5.62. The number of carbonyl (C=O) groups excluding carboxylic acids is 1. The third-order valence-corrected chi connectivity index (χ3v) is 7.46. The lowest BCUT2D eigenvalue weighted by Crippen LogP contribution is -2.47. The van der Waals surface area contributed by atoms with Gasteiger partial charge in [-0.1, -0.05) is 90.5 Å². The van der Waals surface area contributed by atoms with Crippen LogP contribution < -0.4 is 0 Å². The predicted octanol–water partition coefficient (Wildman–Crippen LogP) is 4.07. The summed E-state index contributed by atoms with van der Waals surface area (Å²) >= 11 is 0. The molecule has 2 fully saturated rings. The van der Waals surface area contributed by atoms with Crippen LogP contribution in [0.3, 0.4) is 0 Å². The van der Waals surface area contributed by atoms with Gasteiger partial charge in [-0.3, -0.25) is 9.69 Å². The lowest BCUT2D eigenvalue weighted by Gasteiger charge is -2.33. The summed E-state index contributed by atoms with van der Waals surface area (Å²) in [4.78, 5) is 18.0. The Morgan fingerprint density at radius 2 is 1.55 bits per heavy atom. The molecule has 4 heteroatoms. The van der Waals surface area contributed by atoms with Crippen LogP contribution in [-0.2, 0) is 16.9 Å². The second kappa shape index (κ2) is 8.77. The topological polar surface area (TPSA) is 43.8 Å². The van der Waals surface area contributed by atoms with Crippen LogP contribution in [0.5, 0.6) is 0 Å². The van der Waals surface area contributed by atoms with E-state index in [1.165, 1.54) is 5.56 Å².